The highest BCUT2D eigenvalue weighted by Crippen LogP contribution is 2.39. The second-order valence-corrected chi connectivity index (χ2v) is 6.63. The Morgan fingerprint density at radius 1 is 1.25 bits per heavy atom. The van der Waals surface area contributed by atoms with Gasteiger partial charge in [0.1, 0.15) is 0 Å². The molecule has 0 aliphatic carbocycles. The van der Waals surface area contributed by atoms with Crippen molar-refractivity contribution in [3.05, 3.63) is 35.4 Å². The zero-order chi connectivity index (χ0) is 15.8. The summed E-state index contributed by atoms with van der Waals surface area (Å²) in [6.07, 6.45) is -5.05. The monoisotopic (exact) mass is 386 g/mol. The molecule has 24 heavy (non-hydrogen) atoms. The standard InChI is InChI=1S/C16H21F3N2O.2ClH/c17-16(18,19)5-12-2-1-3-13(4-12)7-21-8-14-6-20-9-15(14,10-21)11-22;;/h1-4,14,20,22H,5-11H2;2*1H. The fourth-order valence-corrected chi connectivity index (χ4v) is 3.80. The molecule has 8 heteroatoms. The number of halogens is 5. The molecule has 0 aromatic heterocycles. The van der Waals surface area contributed by atoms with Crippen molar-refractivity contribution in [3.8, 4) is 0 Å². The Hall–Kier alpha value is -0.530. The van der Waals surface area contributed by atoms with Crippen LogP contribution in [0.4, 0.5) is 13.2 Å². The van der Waals surface area contributed by atoms with Crippen LogP contribution in [0.3, 0.4) is 0 Å². The van der Waals surface area contributed by atoms with Crippen molar-refractivity contribution < 1.29 is 18.3 Å². The molecule has 2 atom stereocenters. The number of likely N-dealkylation sites (tertiary alicyclic amines) is 1. The van der Waals surface area contributed by atoms with E-state index in [4.69, 9.17) is 0 Å². The lowest BCUT2D eigenvalue weighted by Crippen LogP contribution is -2.35. The summed E-state index contributed by atoms with van der Waals surface area (Å²) in [5, 5.41) is 13.0. The summed E-state index contributed by atoms with van der Waals surface area (Å²) in [7, 11) is 0. The second-order valence-electron chi connectivity index (χ2n) is 6.63. The predicted octanol–water partition coefficient (Wildman–Crippen LogP) is 2.65. The van der Waals surface area contributed by atoms with Crippen LogP contribution in [-0.2, 0) is 13.0 Å². The Labute approximate surface area is 152 Å². The number of aliphatic hydroxyl groups is 1. The van der Waals surface area contributed by atoms with Gasteiger partial charge in [0.25, 0.3) is 0 Å². The Bertz CT molecular complexity index is 544. The van der Waals surface area contributed by atoms with E-state index in [-0.39, 0.29) is 36.8 Å². The van der Waals surface area contributed by atoms with Crippen molar-refractivity contribution in [2.45, 2.75) is 19.1 Å². The molecule has 2 unspecified atom stereocenters. The molecule has 0 amide bonds. The van der Waals surface area contributed by atoms with Gasteiger partial charge in [0, 0.05) is 31.6 Å². The van der Waals surface area contributed by atoms with Gasteiger partial charge in [0.05, 0.1) is 13.0 Å². The van der Waals surface area contributed by atoms with Crippen molar-refractivity contribution in [3.63, 3.8) is 0 Å². The van der Waals surface area contributed by atoms with Gasteiger partial charge >= 0.3 is 6.18 Å². The number of fused-ring (bicyclic) bond motifs is 1. The average molecular weight is 387 g/mol. The Morgan fingerprint density at radius 2 is 1.96 bits per heavy atom. The van der Waals surface area contributed by atoms with Gasteiger partial charge in [-0.2, -0.15) is 13.2 Å². The van der Waals surface area contributed by atoms with Gasteiger partial charge in [-0.25, -0.2) is 0 Å². The van der Waals surface area contributed by atoms with Crippen molar-refractivity contribution in [2.75, 3.05) is 32.8 Å². The highest BCUT2D eigenvalue weighted by atomic mass is 35.5. The molecule has 0 radical (unpaired) electrons. The van der Waals surface area contributed by atoms with Crippen LogP contribution in [0.1, 0.15) is 11.1 Å². The maximum atomic E-state index is 12.5. The highest BCUT2D eigenvalue weighted by molar-refractivity contribution is 5.85. The lowest BCUT2D eigenvalue weighted by Gasteiger charge is -2.25. The Morgan fingerprint density at radius 3 is 2.58 bits per heavy atom. The first-order valence-corrected chi connectivity index (χ1v) is 7.59. The maximum Gasteiger partial charge on any atom is 0.393 e. The van der Waals surface area contributed by atoms with Crippen LogP contribution in [0.15, 0.2) is 24.3 Å². The molecule has 2 saturated heterocycles. The fourth-order valence-electron chi connectivity index (χ4n) is 3.80. The molecule has 3 rings (SSSR count). The molecule has 2 aliphatic heterocycles. The number of hydrogen-bond acceptors (Lipinski definition) is 3. The minimum absolute atomic E-state index is 0. The van der Waals surface area contributed by atoms with Gasteiger partial charge in [0.2, 0.25) is 0 Å². The summed E-state index contributed by atoms with van der Waals surface area (Å²) in [4.78, 5) is 2.24. The van der Waals surface area contributed by atoms with E-state index in [0.717, 1.165) is 31.7 Å². The largest absolute Gasteiger partial charge is 0.396 e. The summed E-state index contributed by atoms with van der Waals surface area (Å²) in [6.45, 7) is 4.21. The van der Waals surface area contributed by atoms with Crippen LogP contribution in [0.2, 0.25) is 0 Å². The molecule has 2 fully saturated rings. The zero-order valence-corrected chi connectivity index (χ0v) is 14.8. The van der Waals surface area contributed by atoms with E-state index in [0.29, 0.717) is 18.0 Å². The quantitative estimate of drug-likeness (QED) is 0.834. The third-order valence-electron chi connectivity index (χ3n) is 4.87. The van der Waals surface area contributed by atoms with E-state index < -0.39 is 12.6 Å². The third kappa shape index (κ3) is 4.76. The Kier molecular flexibility index (Phi) is 7.38. The number of rotatable bonds is 4. The average Bonchev–Trinajstić information content (AvgIpc) is 2.93. The van der Waals surface area contributed by atoms with Crippen molar-refractivity contribution >= 4 is 24.8 Å². The molecule has 0 bridgehead atoms. The summed E-state index contributed by atoms with van der Waals surface area (Å²) >= 11 is 0. The van der Waals surface area contributed by atoms with E-state index in [9.17, 15) is 18.3 Å². The molecular formula is C16H23Cl2F3N2O. The van der Waals surface area contributed by atoms with Crippen molar-refractivity contribution in [1.82, 2.24) is 10.2 Å². The van der Waals surface area contributed by atoms with E-state index >= 15 is 0 Å². The third-order valence-corrected chi connectivity index (χ3v) is 4.87. The van der Waals surface area contributed by atoms with E-state index in [1.54, 1.807) is 12.1 Å². The summed E-state index contributed by atoms with van der Waals surface area (Å²) in [5.41, 5.74) is 1.13. The van der Waals surface area contributed by atoms with Gasteiger partial charge < -0.3 is 10.4 Å². The fraction of sp³-hybridized carbons (Fsp3) is 0.625. The van der Waals surface area contributed by atoms with Crippen LogP contribution < -0.4 is 5.32 Å². The highest BCUT2D eigenvalue weighted by Gasteiger charge is 2.48. The molecule has 3 nitrogen and oxygen atoms in total. The number of aliphatic hydroxyl groups excluding tert-OH is 1. The van der Waals surface area contributed by atoms with Crippen LogP contribution in [0, 0.1) is 11.3 Å². The first-order chi connectivity index (χ1) is 10.4. The Balaban J connectivity index is 0.00000144. The maximum absolute atomic E-state index is 12.5. The van der Waals surface area contributed by atoms with Crippen LogP contribution in [-0.4, -0.2) is 49.0 Å². The number of benzene rings is 1. The van der Waals surface area contributed by atoms with Crippen molar-refractivity contribution in [2.24, 2.45) is 11.3 Å². The summed E-state index contributed by atoms with van der Waals surface area (Å²) in [5.74, 6) is 0.427. The van der Waals surface area contributed by atoms with E-state index in [1.807, 2.05) is 6.07 Å². The zero-order valence-electron chi connectivity index (χ0n) is 13.2. The first-order valence-electron chi connectivity index (χ1n) is 7.59. The van der Waals surface area contributed by atoms with Crippen LogP contribution in [0.25, 0.3) is 0 Å². The number of alkyl halides is 3. The normalized spacial score (nSPS) is 26.6. The first kappa shape index (κ1) is 21.5. The summed E-state index contributed by atoms with van der Waals surface area (Å²) < 4.78 is 37.5. The molecular weight excluding hydrogens is 364 g/mol. The number of nitrogens with one attached hydrogen (secondary N) is 1. The molecule has 2 aliphatic rings. The number of hydrogen-bond donors (Lipinski definition) is 2. The van der Waals surface area contributed by atoms with Gasteiger partial charge in [-0.15, -0.1) is 24.8 Å². The molecule has 138 valence electrons. The van der Waals surface area contributed by atoms with Crippen molar-refractivity contribution in [1.29, 1.82) is 0 Å². The predicted molar refractivity (Wildman–Crippen MR) is 91.9 cm³/mol. The minimum Gasteiger partial charge on any atom is -0.396 e. The van der Waals surface area contributed by atoms with Crippen LogP contribution in [0.5, 0.6) is 0 Å². The molecule has 2 heterocycles. The topological polar surface area (TPSA) is 35.5 Å². The molecule has 1 aromatic carbocycles. The van der Waals surface area contributed by atoms with Gasteiger partial charge in [-0.3, -0.25) is 4.90 Å². The molecule has 2 N–H and O–H groups in total. The minimum atomic E-state index is -4.17. The van der Waals surface area contributed by atoms with E-state index in [2.05, 4.69) is 10.2 Å². The SMILES string of the molecule is Cl.Cl.OCC12CNCC1CN(Cc1cccc(CC(F)(F)F)c1)C2. The lowest BCUT2D eigenvalue weighted by molar-refractivity contribution is -0.127. The lowest BCUT2D eigenvalue weighted by atomic mass is 9.82. The van der Waals surface area contributed by atoms with Crippen LogP contribution >= 0.6 is 24.8 Å². The molecule has 1 aromatic rings. The molecule has 0 saturated carbocycles. The van der Waals surface area contributed by atoms with Gasteiger partial charge in [-0.1, -0.05) is 24.3 Å². The van der Waals surface area contributed by atoms with Gasteiger partial charge in [0.15, 0.2) is 0 Å². The number of nitrogens with zero attached hydrogens (tertiary/aromatic N) is 1. The second kappa shape index (κ2) is 8.23. The molecule has 0 spiro atoms. The smallest absolute Gasteiger partial charge is 0.393 e. The summed E-state index contributed by atoms with van der Waals surface area (Å²) in [6, 6.07) is 6.73. The van der Waals surface area contributed by atoms with Gasteiger partial charge in [-0.05, 0) is 23.6 Å². The van der Waals surface area contributed by atoms with E-state index in [1.165, 1.54) is 6.07 Å².